The molecule has 0 N–H and O–H groups in total. The monoisotopic (exact) mass is 405 g/mol. The van der Waals surface area contributed by atoms with E-state index in [4.69, 9.17) is 11.6 Å². The third-order valence-corrected chi connectivity index (χ3v) is 4.99. The molecule has 0 aliphatic heterocycles. The van der Waals surface area contributed by atoms with Crippen LogP contribution in [0, 0.1) is 10.5 Å². The molecule has 0 bridgehead atoms. The third-order valence-electron chi connectivity index (χ3n) is 2.86. The quantitative estimate of drug-likeness (QED) is 0.684. The van der Waals surface area contributed by atoms with Gasteiger partial charge in [0.05, 0.1) is 12.1 Å². The maximum Gasteiger partial charge on any atom is 0.254 e. The highest BCUT2D eigenvalue weighted by atomic mass is 127. The largest absolute Gasteiger partial charge is 0.337 e. The molecule has 100 valence electrons. The van der Waals surface area contributed by atoms with Crippen LogP contribution in [-0.2, 0) is 6.54 Å². The van der Waals surface area contributed by atoms with Crippen LogP contribution in [-0.4, -0.2) is 17.9 Å². The van der Waals surface area contributed by atoms with Crippen molar-refractivity contribution < 1.29 is 4.79 Å². The first kappa shape index (κ1) is 14.8. The van der Waals surface area contributed by atoms with Crippen molar-refractivity contribution >= 4 is 51.4 Å². The Kier molecular flexibility index (Phi) is 4.86. The lowest BCUT2D eigenvalue weighted by Crippen LogP contribution is -2.26. The van der Waals surface area contributed by atoms with Gasteiger partial charge in [0.15, 0.2) is 0 Å². The van der Waals surface area contributed by atoms with Gasteiger partial charge < -0.3 is 4.90 Å². The average Bonchev–Trinajstić information content (AvgIpc) is 2.74. The topological polar surface area (TPSA) is 20.3 Å². The van der Waals surface area contributed by atoms with E-state index in [1.807, 2.05) is 7.05 Å². The van der Waals surface area contributed by atoms with Crippen molar-refractivity contribution in [3.63, 3.8) is 0 Å². The number of halogens is 2. The minimum Gasteiger partial charge on any atom is -0.337 e. The molecule has 0 unspecified atom stereocenters. The standard InChI is InChI=1S/C14H13ClINOS/c1-9-5-6-19-13(9)8-17(2)14(18)11-4-3-10(15)7-12(11)16/h3-7H,8H2,1-2H3. The molecule has 0 atom stereocenters. The van der Waals surface area contributed by atoms with Crippen molar-refractivity contribution in [2.75, 3.05) is 7.05 Å². The van der Waals surface area contributed by atoms with E-state index in [0.29, 0.717) is 17.1 Å². The first-order valence-corrected chi connectivity index (χ1v) is 8.06. The number of thiophene rings is 1. The lowest BCUT2D eigenvalue weighted by atomic mass is 10.2. The van der Waals surface area contributed by atoms with E-state index in [1.165, 1.54) is 10.4 Å². The second-order valence-electron chi connectivity index (χ2n) is 4.31. The molecule has 0 radical (unpaired) electrons. The van der Waals surface area contributed by atoms with Crippen LogP contribution in [0.1, 0.15) is 20.8 Å². The van der Waals surface area contributed by atoms with Crippen LogP contribution in [0.3, 0.4) is 0 Å². The van der Waals surface area contributed by atoms with E-state index in [0.717, 1.165) is 3.57 Å². The number of nitrogens with zero attached hydrogens (tertiary/aromatic N) is 1. The van der Waals surface area contributed by atoms with E-state index in [9.17, 15) is 4.79 Å². The molecule has 1 aromatic heterocycles. The van der Waals surface area contributed by atoms with Crippen LogP contribution in [0.5, 0.6) is 0 Å². The highest BCUT2D eigenvalue weighted by molar-refractivity contribution is 14.1. The molecule has 0 saturated heterocycles. The maximum atomic E-state index is 12.4. The second kappa shape index (κ2) is 6.24. The number of amides is 1. The van der Waals surface area contributed by atoms with Gasteiger partial charge in [0, 0.05) is 20.5 Å². The van der Waals surface area contributed by atoms with Crippen molar-refractivity contribution in [2.24, 2.45) is 0 Å². The van der Waals surface area contributed by atoms with Gasteiger partial charge in [-0.25, -0.2) is 0 Å². The average molecular weight is 406 g/mol. The number of carbonyl (C=O) groups is 1. The first-order valence-electron chi connectivity index (χ1n) is 5.72. The smallest absolute Gasteiger partial charge is 0.254 e. The van der Waals surface area contributed by atoms with Gasteiger partial charge >= 0.3 is 0 Å². The SMILES string of the molecule is Cc1ccsc1CN(C)C(=O)c1ccc(Cl)cc1I. The number of benzene rings is 1. The minimum atomic E-state index is 0.0221. The van der Waals surface area contributed by atoms with Crippen LogP contribution in [0.15, 0.2) is 29.6 Å². The van der Waals surface area contributed by atoms with Crippen LogP contribution in [0.4, 0.5) is 0 Å². The molecule has 0 saturated carbocycles. The van der Waals surface area contributed by atoms with Crippen LogP contribution < -0.4 is 0 Å². The van der Waals surface area contributed by atoms with Gasteiger partial charge in [-0.3, -0.25) is 4.79 Å². The first-order chi connectivity index (χ1) is 8.99. The summed E-state index contributed by atoms with van der Waals surface area (Å²) in [6, 6.07) is 7.41. The molecule has 5 heteroatoms. The normalized spacial score (nSPS) is 10.5. The number of rotatable bonds is 3. The Hall–Kier alpha value is -0.590. The molecule has 2 aromatic rings. The molecule has 0 aliphatic carbocycles. The Bertz CT molecular complexity index is 611. The van der Waals surface area contributed by atoms with Crippen LogP contribution >= 0.6 is 45.5 Å². The van der Waals surface area contributed by atoms with Crippen LogP contribution in [0.2, 0.25) is 5.02 Å². The number of hydrogen-bond acceptors (Lipinski definition) is 2. The predicted molar refractivity (Wildman–Crippen MR) is 89.0 cm³/mol. The molecule has 2 rings (SSSR count). The molecule has 0 fully saturated rings. The zero-order valence-electron chi connectivity index (χ0n) is 10.6. The Labute approximate surface area is 135 Å². The summed E-state index contributed by atoms with van der Waals surface area (Å²) in [5, 5.41) is 2.70. The third kappa shape index (κ3) is 3.49. The molecule has 1 aromatic carbocycles. The molecule has 1 amide bonds. The van der Waals surface area contributed by atoms with Gasteiger partial charge in [0.1, 0.15) is 0 Å². The molecule has 0 aliphatic rings. The van der Waals surface area contributed by atoms with E-state index in [2.05, 4.69) is 41.0 Å². The fourth-order valence-corrected chi connectivity index (χ4v) is 3.78. The minimum absolute atomic E-state index is 0.0221. The highest BCUT2D eigenvalue weighted by Crippen LogP contribution is 2.22. The molecule has 0 spiro atoms. The van der Waals surface area contributed by atoms with E-state index in [-0.39, 0.29) is 5.91 Å². The molecule has 19 heavy (non-hydrogen) atoms. The second-order valence-corrected chi connectivity index (χ2v) is 6.91. The van der Waals surface area contributed by atoms with E-state index < -0.39 is 0 Å². The van der Waals surface area contributed by atoms with Gasteiger partial charge in [0.25, 0.3) is 5.91 Å². The van der Waals surface area contributed by atoms with Crippen molar-refractivity contribution in [3.8, 4) is 0 Å². The van der Waals surface area contributed by atoms with Crippen LogP contribution in [0.25, 0.3) is 0 Å². The molecular formula is C14H13ClINOS. The zero-order chi connectivity index (χ0) is 14.0. The fourth-order valence-electron chi connectivity index (χ4n) is 1.72. The van der Waals surface area contributed by atoms with Gasteiger partial charge in [-0.2, -0.15) is 0 Å². The van der Waals surface area contributed by atoms with Crippen molar-refractivity contribution in [1.29, 1.82) is 0 Å². The molecule has 2 nitrogen and oxygen atoms in total. The van der Waals surface area contributed by atoms with Crippen molar-refractivity contribution in [3.05, 3.63) is 54.2 Å². The summed E-state index contributed by atoms with van der Waals surface area (Å²) < 4.78 is 0.879. The highest BCUT2D eigenvalue weighted by Gasteiger charge is 2.16. The predicted octanol–water partition coefficient (Wildman–Crippen LogP) is 4.59. The van der Waals surface area contributed by atoms with E-state index in [1.54, 1.807) is 34.4 Å². The Morgan fingerprint density at radius 3 is 2.74 bits per heavy atom. The molecular weight excluding hydrogens is 393 g/mol. The van der Waals surface area contributed by atoms with Crippen molar-refractivity contribution in [1.82, 2.24) is 4.90 Å². The van der Waals surface area contributed by atoms with Gasteiger partial charge in [-0.15, -0.1) is 11.3 Å². The Morgan fingerprint density at radius 2 is 2.16 bits per heavy atom. The lowest BCUT2D eigenvalue weighted by Gasteiger charge is -2.18. The summed E-state index contributed by atoms with van der Waals surface area (Å²) in [6.07, 6.45) is 0. The van der Waals surface area contributed by atoms with Gasteiger partial charge in [0.2, 0.25) is 0 Å². The summed E-state index contributed by atoms with van der Waals surface area (Å²) in [4.78, 5) is 15.4. The Balaban J connectivity index is 2.17. The maximum absolute atomic E-state index is 12.4. The summed E-state index contributed by atoms with van der Waals surface area (Å²) in [7, 11) is 1.83. The lowest BCUT2D eigenvalue weighted by molar-refractivity contribution is 0.0785. The number of hydrogen-bond donors (Lipinski definition) is 0. The summed E-state index contributed by atoms with van der Waals surface area (Å²) in [6.45, 7) is 2.71. The summed E-state index contributed by atoms with van der Waals surface area (Å²) >= 11 is 9.73. The summed E-state index contributed by atoms with van der Waals surface area (Å²) in [5.74, 6) is 0.0221. The number of carbonyl (C=O) groups excluding carboxylic acids is 1. The van der Waals surface area contributed by atoms with E-state index >= 15 is 0 Å². The van der Waals surface area contributed by atoms with Gasteiger partial charge in [-0.05, 0) is 64.7 Å². The fraction of sp³-hybridized carbons (Fsp3) is 0.214. The molecule has 1 heterocycles. The Morgan fingerprint density at radius 1 is 1.42 bits per heavy atom. The van der Waals surface area contributed by atoms with Gasteiger partial charge in [-0.1, -0.05) is 11.6 Å². The zero-order valence-corrected chi connectivity index (χ0v) is 14.3. The number of aryl methyl sites for hydroxylation is 1. The van der Waals surface area contributed by atoms with Crippen molar-refractivity contribution in [2.45, 2.75) is 13.5 Å². The summed E-state index contributed by atoms with van der Waals surface area (Å²) in [5.41, 5.74) is 1.93.